The molecule has 0 heterocycles. The van der Waals surface area contributed by atoms with Crippen LogP contribution in [0.15, 0.2) is 24.3 Å². The van der Waals surface area contributed by atoms with E-state index in [1.165, 1.54) is 141 Å². The van der Waals surface area contributed by atoms with Gasteiger partial charge < -0.3 is 20.9 Å². The van der Waals surface area contributed by atoms with Gasteiger partial charge in [-0.05, 0) is 90.0 Å². The topological polar surface area (TPSA) is 119 Å². The van der Waals surface area contributed by atoms with Crippen LogP contribution in [0.1, 0.15) is 251 Å². The number of esters is 1. The van der Waals surface area contributed by atoms with Crippen molar-refractivity contribution in [3.05, 3.63) is 24.3 Å². The standard InChI is InChI=1S/C49H92N2O5/c1-3-5-7-9-11-13-14-15-16-17-18-19-20-21-22-23-24-26-28-33-37-43-48(53)56-45(39-34-30-27-25-12-10-8-6-4-2)40-35-31-29-32-36-42-47(52)51-46(49(54)55)41-38-44-50/h14-15,17-18,45-46H,3-13,16,19-44,50H2,1-2H3,(H,51,52)(H,54,55)/b15-14-,18-17-. The van der Waals surface area contributed by atoms with Crippen molar-refractivity contribution in [2.45, 2.75) is 264 Å². The van der Waals surface area contributed by atoms with E-state index in [0.717, 1.165) is 70.6 Å². The predicted molar refractivity (Wildman–Crippen MR) is 239 cm³/mol. The molecule has 0 fully saturated rings. The van der Waals surface area contributed by atoms with Crippen LogP contribution in [0.25, 0.3) is 0 Å². The first-order valence-electron chi connectivity index (χ1n) is 24.2. The van der Waals surface area contributed by atoms with Crippen molar-refractivity contribution in [1.82, 2.24) is 5.32 Å². The molecule has 2 atom stereocenters. The van der Waals surface area contributed by atoms with Crippen LogP contribution in [0.3, 0.4) is 0 Å². The Balaban J connectivity index is 4.14. The summed E-state index contributed by atoms with van der Waals surface area (Å²) in [5, 5.41) is 11.9. The van der Waals surface area contributed by atoms with E-state index < -0.39 is 12.0 Å². The highest BCUT2D eigenvalue weighted by Gasteiger charge is 2.19. The first-order valence-corrected chi connectivity index (χ1v) is 24.2. The largest absolute Gasteiger partial charge is 0.480 e. The molecular weight excluding hydrogens is 697 g/mol. The molecule has 0 spiro atoms. The highest BCUT2D eigenvalue weighted by molar-refractivity contribution is 5.83. The lowest BCUT2D eigenvalue weighted by Gasteiger charge is -2.18. The van der Waals surface area contributed by atoms with E-state index in [1.807, 2.05) is 0 Å². The summed E-state index contributed by atoms with van der Waals surface area (Å²) < 4.78 is 6.05. The number of ether oxygens (including phenoxy) is 1. The van der Waals surface area contributed by atoms with Crippen molar-refractivity contribution in [2.24, 2.45) is 5.73 Å². The minimum Gasteiger partial charge on any atom is -0.480 e. The average molecular weight is 789 g/mol. The molecule has 0 aliphatic carbocycles. The number of allylic oxidation sites excluding steroid dienone is 4. The number of carboxylic acids is 1. The molecular formula is C49H92N2O5. The number of nitrogens with one attached hydrogen (secondary N) is 1. The third kappa shape index (κ3) is 40.1. The van der Waals surface area contributed by atoms with Crippen molar-refractivity contribution in [3.63, 3.8) is 0 Å². The second-order valence-electron chi connectivity index (χ2n) is 16.5. The van der Waals surface area contributed by atoms with E-state index in [-0.39, 0.29) is 18.0 Å². The summed E-state index contributed by atoms with van der Waals surface area (Å²) in [4.78, 5) is 36.4. The van der Waals surface area contributed by atoms with Crippen LogP contribution >= 0.6 is 0 Å². The summed E-state index contributed by atoms with van der Waals surface area (Å²) in [5.41, 5.74) is 5.49. The zero-order chi connectivity index (χ0) is 41.0. The van der Waals surface area contributed by atoms with E-state index in [0.29, 0.717) is 32.2 Å². The molecule has 0 bridgehead atoms. The van der Waals surface area contributed by atoms with E-state index in [4.69, 9.17) is 10.5 Å². The maximum atomic E-state index is 12.8. The third-order valence-corrected chi connectivity index (χ3v) is 11.0. The van der Waals surface area contributed by atoms with E-state index in [2.05, 4.69) is 43.5 Å². The number of amides is 1. The maximum Gasteiger partial charge on any atom is 0.326 e. The Kier molecular flexibility index (Phi) is 42.3. The van der Waals surface area contributed by atoms with Crippen molar-refractivity contribution in [2.75, 3.05) is 6.54 Å². The summed E-state index contributed by atoms with van der Waals surface area (Å²) in [6.07, 6.45) is 50.9. The number of nitrogens with two attached hydrogens (primary N) is 1. The molecule has 0 aromatic heterocycles. The van der Waals surface area contributed by atoms with Gasteiger partial charge in [-0.2, -0.15) is 0 Å². The molecule has 0 aromatic rings. The number of hydrogen-bond acceptors (Lipinski definition) is 5. The number of aliphatic carboxylic acids is 1. The Morgan fingerprint density at radius 2 is 0.929 bits per heavy atom. The molecule has 1 amide bonds. The van der Waals surface area contributed by atoms with Gasteiger partial charge in [-0.1, -0.05) is 179 Å². The van der Waals surface area contributed by atoms with Gasteiger partial charge in [0.25, 0.3) is 0 Å². The van der Waals surface area contributed by atoms with Crippen molar-refractivity contribution in [3.8, 4) is 0 Å². The van der Waals surface area contributed by atoms with Crippen molar-refractivity contribution >= 4 is 17.8 Å². The number of carbonyl (C=O) groups is 3. The molecule has 4 N–H and O–H groups in total. The van der Waals surface area contributed by atoms with Gasteiger partial charge in [-0.25, -0.2) is 4.79 Å². The van der Waals surface area contributed by atoms with Crippen LogP contribution in [-0.4, -0.2) is 41.6 Å². The van der Waals surface area contributed by atoms with Crippen LogP contribution in [0.2, 0.25) is 0 Å². The van der Waals surface area contributed by atoms with Gasteiger partial charge in [0, 0.05) is 12.8 Å². The first kappa shape index (κ1) is 53.9. The fraction of sp³-hybridized carbons (Fsp3) is 0.857. The molecule has 7 heteroatoms. The molecule has 0 saturated heterocycles. The lowest BCUT2D eigenvalue weighted by Crippen LogP contribution is -2.40. The summed E-state index contributed by atoms with van der Waals surface area (Å²) in [7, 11) is 0. The monoisotopic (exact) mass is 789 g/mol. The fourth-order valence-electron chi connectivity index (χ4n) is 7.36. The van der Waals surface area contributed by atoms with Gasteiger partial charge in [-0.15, -0.1) is 0 Å². The molecule has 56 heavy (non-hydrogen) atoms. The van der Waals surface area contributed by atoms with E-state index in [1.54, 1.807) is 0 Å². The second-order valence-corrected chi connectivity index (χ2v) is 16.5. The quantitative estimate of drug-likeness (QED) is 0.0321. The Bertz CT molecular complexity index is 935. The molecule has 0 aliphatic heterocycles. The van der Waals surface area contributed by atoms with Gasteiger partial charge in [0.2, 0.25) is 5.91 Å². The SMILES string of the molecule is CCCCCCC/C=C\C/C=C\CCCCCCCCCCCC(=O)OC(CCCCCCCCCCC)CCCCCCCC(=O)NC(CCCN)C(=O)O. The number of carboxylic acid groups (broad SMARTS) is 1. The Morgan fingerprint density at radius 1 is 0.518 bits per heavy atom. The lowest BCUT2D eigenvalue weighted by molar-refractivity contribution is -0.150. The Labute approximate surface area is 346 Å². The molecule has 328 valence electrons. The Hall–Kier alpha value is -2.15. The number of hydrogen-bond donors (Lipinski definition) is 3. The minimum absolute atomic E-state index is 0.0153. The van der Waals surface area contributed by atoms with Crippen LogP contribution < -0.4 is 11.1 Å². The summed E-state index contributed by atoms with van der Waals surface area (Å²) in [6.45, 7) is 4.94. The van der Waals surface area contributed by atoms with Gasteiger partial charge in [0.05, 0.1) is 0 Å². The molecule has 0 saturated carbocycles. The summed E-state index contributed by atoms with van der Waals surface area (Å²) in [6, 6.07) is -0.855. The maximum absolute atomic E-state index is 12.8. The van der Waals surface area contributed by atoms with Gasteiger partial charge in [0.1, 0.15) is 12.1 Å². The smallest absolute Gasteiger partial charge is 0.326 e. The number of carbonyl (C=O) groups excluding carboxylic acids is 2. The van der Waals surface area contributed by atoms with Gasteiger partial charge in [0.15, 0.2) is 0 Å². The molecule has 0 aromatic carbocycles. The number of unbranched alkanes of at least 4 members (excludes halogenated alkanes) is 26. The Morgan fingerprint density at radius 3 is 1.38 bits per heavy atom. The average Bonchev–Trinajstić information content (AvgIpc) is 3.18. The van der Waals surface area contributed by atoms with E-state index in [9.17, 15) is 19.5 Å². The van der Waals surface area contributed by atoms with Crippen molar-refractivity contribution < 1.29 is 24.2 Å². The normalized spacial score (nSPS) is 12.8. The predicted octanol–water partition coefficient (Wildman–Crippen LogP) is 14.0. The number of rotatable bonds is 44. The summed E-state index contributed by atoms with van der Waals surface area (Å²) >= 11 is 0. The van der Waals surface area contributed by atoms with Gasteiger partial charge >= 0.3 is 11.9 Å². The first-order chi connectivity index (χ1) is 27.4. The van der Waals surface area contributed by atoms with Crippen LogP contribution in [0, 0.1) is 0 Å². The van der Waals surface area contributed by atoms with Crippen LogP contribution in [-0.2, 0) is 19.1 Å². The zero-order valence-corrected chi connectivity index (χ0v) is 37.0. The van der Waals surface area contributed by atoms with Crippen LogP contribution in [0.4, 0.5) is 0 Å². The molecule has 0 rings (SSSR count). The third-order valence-electron chi connectivity index (χ3n) is 11.0. The van der Waals surface area contributed by atoms with E-state index >= 15 is 0 Å². The van der Waals surface area contributed by atoms with Crippen LogP contribution in [0.5, 0.6) is 0 Å². The highest BCUT2D eigenvalue weighted by Crippen LogP contribution is 2.19. The molecule has 0 aliphatic rings. The fourth-order valence-corrected chi connectivity index (χ4v) is 7.36. The highest BCUT2D eigenvalue weighted by atomic mass is 16.5. The van der Waals surface area contributed by atoms with Gasteiger partial charge in [-0.3, -0.25) is 9.59 Å². The zero-order valence-electron chi connectivity index (χ0n) is 37.0. The minimum atomic E-state index is -1.00. The molecule has 7 nitrogen and oxygen atoms in total. The summed E-state index contributed by atoms with van der Waals surface area (Å²) in [5.74, 6) is -1.22. The second kappa shape index (κ2) is 44.0. The molecule has 0 radical (unpaired) electrons. The molecule has 2 unspecified atom stereocenters. The lowest BCUT2D eigenvalue weighted by atomic mass is 10.0. The van der Waals surface area contributed by atoms with Crippen molar-refractivity contribution in [1.29, 1.82) is 0 Å².